The normalized spacial score (nSPS) is 28.5. The molecule has 13 unspecified atom stereocenters. The molecule has 0 aromatic carbocycles. The first-order valence-electron chi connectivity index (χ1n) is 33.4. The zero-order valence-electron chi connectivity index (χ0n) is 60.1. The van der Waals surface area contributed by atoms with E-state index in [-0.39, 0.29) is 32.4 Å². The Balaban J connectivity index is 1.67. The number of likely N-dealkylation sites (tertiary alicyclic amines) is 2. The summed E-state index contributed by atoms with van der Waals surface area (Å²) in [5.74, 6) is -16.1. The molecule has 5 saturated heterocycles. The van der Waals surface area contributed by atoms with Gasteiger partial charge in [-0.1, -0.05) is 0 Å². The molecule has 0 radical (unpaired) electrons. The van der Waals surface area contributed by atoms with Crippen molar-refractivity contribution in [3.8, 4) is 0 Å². The molecule has 105 heavy (non-hydrogen) atoms. The molecular weight excluding hydrogens is 1410 g/mol. The van der Waals surface area contributed by atoms with E-state index in [4.69, 9.17) is 67.3 Å². The van der Waals surface area contributed by atoms with E-state index in [0.29, 0.717) is 6.42 Å². The number of hydrogen-bond donors (Lipinski definition) is 10. The molecule has 0 aromatic rings. The van der Waals surface area contributed by atoms with Crippen LogP contribution in [0.2, 0.25) is 0 Å². The van der Waals surface area contributed by atoms with Gasteiger partial charge in [-0.15, -0.1) is 0 Å². The number of aliphatic hydroxyl groups excluding tert-OH is 2. The van der Waals surface area contributed by atoms with Crippen LogP contribution < -0.4 is 43.0 Å². The minimum Gasteiger partial charge on any atom is -0.463 e. The van der Waals surface area contributed by atoms with Gasteiger partial charge in [0.15, 0.2) is 49.4 Å². The van der Waals surface area contributed by atoms with Crippen LogP contribution in [-0.4, -0.2) is 301 Å². The fourth-order valence-electron chi connectivity index (χ4n) is 12.2. The lowest BCUT2D eigenvalue weighted by Crippen LogP contribution is -2.70. The van der Waals surface area contributed by atoms with E-state index in [1.165, 1.54) is 23.6 Å². The van der Waals surface area contributed by atoms with Gasteiger partial charge in [0, 0.05) is 82.3 Å². The number of aliphatic hydroxyl groups is 2. The first-order valence-corrected chi connectivity index (χ1v) is 33.4. The Morgan fingerprint density at radius 2 is 0.990 bits per heavy atom. The third kappa shape index (κ3) is 24.9. The highest BCUT2D eigenvalue weighted by Crippen LogP contribution is 2.36. The molecule has 0 aromatic heterocycles. The largest absolute Gasteiger partial charge is 0.463 e. The summed E-state index contributed by atoms with van der Waals surface area (Å²) in [7, 11) is 0. The SMILES string of the molecule is CC(=O)NCC(=O)NC(CO)C(=O)NC(C(=O)NC(C)C(=O)N1CCCC1C(=O)N1CCCC1C(=O)NC(C)C(N)=O)C(C)O[C@@H]1OC(CO[C@@H]2OC(COC(C)=O)[C@H](OC(C)=O)C(OC(C)=O)[C@H]2NC(C)=O)[C@H](O)C(O[C@@H]2OC(COC(C)=O)[C@H](OC(C)=O)C(OC(C)=O)[C@H]2OC(C)=O)[C@H]1NC(C)=O. The van der Waals surface area contributed by atoms with E-state index < -0.39 is 268 Å². The molecule has 5 heterocycles. The second-order valence-electron chi connectivity index (χ2n) is 25.3. The fraction of sp³-hybridized carbons (Fsp3) is 0.730. The molecule has 10 amide bonds. The van der Waals surface area contributed by atoms with Gasteiger partial charge in [-0.25, -0.2) is 0 Å². The predicted molar refractivity (Wildman–Crippen MR) is 343 cm³/mol. The molecule has 42 heteroatoms. The number of nitrogens with zero attached hydrogens (tertiary/aromatic N) is 2. The van der Waals surface area contributed by atoms with Gasteiger partial charge in [-0.2, -0.15) is 0 Å². The van der Waals surface area contributed by atoms with E-state index in [9.17, 15) is 86.9 Å². The van der Waals surface area contributed by atoms with E-state index >= 15 is 4.79 Å². The lowest BCUT2D eigenvalue weighted by Gasteiger charge is -2.49. The maximum Gasteiger partial charge on any atom is 0.303 e. The van der Waals surface area contributed by atoms with Gasteiger partial charge in [0.05, 0.1) is 25.9 Å². The van der Waals surface area contributed by atoms with E-state index in [0.717, 1.165) is 76.2 Å². The Labute approximate surface area is 601 Å². The molecule has 0 spiro atoms. The number of carbonyl (C=O) groups is 17. The van der Waals surface area contributed by atoms with Gasteiger partial charge >= 0.3 is 41.8 Å². The summed E-state index contributed by atoms with van der Waals surface area (Å²) in [6, 6.07) is -12.6. The molecule has 0 aliphatic carbocycles. The number of amides is 10. The van der Waals surface area contributed by atoms with Gasteiger partial charge in [0.1, 0.15) is 92.1 Å². The van der Waals surface area contributed by atoms with Crippen LogP contribution in [0.1, 0.15) is 116 Å². The third-order valence-electron chi connectivity index (χ3n) is 16.7. The maximum absolute atomic E-state index is 15.1. The van der Waals surface area contributed by atoms with Crippen molar-refractivity contribution in [2.24, 2.45) is 5.73 Å². The van der Waals surface area contributed by atoms with Gasteiger partial charge in [0.25, 0.3) is 0 Å². The molecule has 5 aliphatic heterocycles. The Morgan fingerprint density at radius 3 is 1.50 bits per heavy atom. The van der Waals surface area contributed by atoms with E-state index in [1.54, 1.807) is 0 Å². The van der Waals surface area contributed by atoms with Crippen LogP contribution in [0.3, 0.4) is 0 Å². The van der Waals surface area contributed by atoms with Gasteiger partial charge < -0.3 is 125 Å². The molecule has 5 fully saturated rings. The van der Waals surface area contributed by atoms with Crippen molar-refractivity contribution in [3.05, 3.63) is 0 Å². The number of carbonyl (C=O) groups excluding carboxylic acids is 17. The first-order chi connectivity index (χ1) is 49.2. The second kappa shape index (κ2) is 39.7. The first kappa shape index (κ1) is 86.3. The third-order valence-corrected chi connectivity index (χ3v) is 16.7. The highest BCUT2D eigenvalue weighted by atomic mass is 16.8. The van der Waals surface area contributed by atoms with Gasteiger partial charge in [0.2, 0.25) is 59.1 Å². The van der Waals surface area contributed by atoms with Crippen LogP contribution in [0, 0.1) is 0 Å². The maximum atomic E-state index is 15.1. The van der Waals surface area contributed by atoms with Crippen molar-refractivity contribution in [3.63, 3.8) is 0 Å². The summed E-state index contributed by atoms with van der Waals surface area (Å²) in [6.45, 7) is 9.13. The van der Waals surface area contributed by atoms with Crippen molar-refractivity contribution < 1.29 is 153 Å². The zero-order valence-corrected chi connectivity index (χ0v) is 60.1. The van der Waals surface area contributed by atoms with Crippen molar-refractivity contribution in [2.75, 3.05) is 46.1 Å². The number of hydrogen-bond acceptors (Lipinski definition) is 32. The number of primary amides is 1. The molecular formula is C63H94N10O32. The Morgan fingerprint density at radius 1 is 0.505 bits per heavy atom. The summed E-state index contributed by atoms with van der Waals surface area (Å²) in [5, 5.41) is 40.0. The minimum absolute atomic E-state index is 0.0345. The van der Waals surface area contributed by atoms with Crippen LogP contribution in [0.25, 0.3) is 0 Å². The zero-order chi connectivity index (χ0) is 78.6. The summed E-state index contributed by atoms with van der Waals surface area (Å²) in [5.41, 5.74) is 5.36. The highest BCUT2D eigenvalue weighted by Gasteiger charge is 2.58. The van der Waals surface area contributed by atoms with Gasteiger partial charge in [-0.05, 0) is 46.5 Å². The molecule has 0 bridgehead atoms. The van der Waals surface area contributed by atoms with E-state index in [2.05, 4.69) is 37.2 Å². The number of rotatable bonds is 32. The standard InChI is InChI=1S/C63H94N10O32/c1-25(55(64)87)66-57(89)39-16-14-18-72(39)60(92)40-17-15-19-73(40)59(91)26(2)67-58(90)45(71-56(88)38(21-74)70-44(85)20-65-28(4)75)27(3)96-62-46(68-29(5)76)51(105-63-54(101-37(13)84)53(100-36(12)83)50(98-34(10)81)43(104-63)24-94-32(8)79)48(86)41(102-62)22-95-61-47(69-30(6)77)52(99-35(11)82)49(97-33(9)80)42(103-61)23-93-31(7)78/h25-27,38-43,45-54,61-63,74,86H,14-24H2,1-13H3,(H2,64,87)(H,65,75)(H,66,89)(H,67,90)(H,68,76)(H,69,77)(H,70,85)(H,71,88)/t25?,26?,27?,38?,39?,40?,41?,42?,43?,45?,46-,47-,48+,49+,50+,51?,52?,53?,54-,61-,62-,63+/m1/s1. The molecule has 11 N–H and O–H groups in total. The average molecular weight is 1500 g/mol. The van der Waals surface area contributed by atoms with Crippen LogP contribution in [0.5, 0.6) is 0 Å². The summed E-state index contributed by atoms with van der Waals surface area (Å²) in [6.07, 6.45) is -26.0. The average Bonchev–Trinajstić information content (AvgIpc) is 1.66. The second-order valence-corrected chi connectivity index (χ2v) is 25.3. The lowest BCUT2D eigenvalue weighted by atomic mass is 9.94. The van der Waals surface area contributed by atoms with Crippen molar-refractivity contribution in [1.82, 2.24) is 47.0 Å². The summed E-state index contributed by atoms with van der Waals surface area (Å²) >= 11 is 0. The minimum atomic E-state index is -2.26. The van der Waals surface area contributed by atoms with Crippen LogP contribution >= 0.6 is 0 Å². The fourth-order valence-corrected chi connectivity index (χ4v) is 12.2. The van der Waals surface area contributed by atoms with Crippen molar-refractivity contribution >= 4 is 101 Å². The Kier molecular flexibility index (Phi) is 32.6. The van der Waals surface area contributed by atoms with Gasteiger partial charge in [-0.3, -0.25) is 81.5 Å². The molecule has 5 aliphatic rings. The molecule has 0 saturated carbocycles. The van der Waals surface area contributed by atoms with Crippen molar-refractivity contribution in [1.29, 1.82) is 0 Å². The highest BCUT2D eigenvalue weighted by molar-refractivity contribution is 5.98. The number of nitrogens with one attached hydrogen (secondary N) is 7. The summed E-state index contributed by atoms with van der Waals surface area (Å²) in [4.78, 5) is 226. The number of nitrogens with two attached hydrogens (primary N) is 1. The van der Waals surface area contributed by atoms with E-state index in [1.807, 2.05) is 0 Å². The monoisotopic (exact) mass is 1500 g/mol. The smallest absolute Gasteiger partial charge is 0.303 e. The van der Waals surface area contributed by atoms with Crippen LogP contribution in [0.4, 0.5) is 0 Å². The number of esters is 7. The number of ether oxygens (including phenoxy) is 13. The summed E-state index contributed by atoms with van der Waals surface area (Å²) < 4.78 is 76.4. The molecule has 588 valence electrons. The molecule has 42 nitrogen and oxygen atoms in total. The van der Waals surface area contributed by atoms with Crippen LogP contribution in [0.15, 0.2) is 0 Å². The van der Waals surface area contributed by atoms with Crippen LogP contribution in [-0.2, 0) is 143 Å². The Hall–Kier alpha value is -9.33. The van der Waals surface area contributed by atoms with Crippen molar-refractivity contribution in [2.45, 2.75) is 250 Å². The topological polar surface area (TPSA) is 567 Å². The Bertz CT molecular complexity index is 3220. The molecule has 22 atom stereocenters. The quantitative estimate of drug-likeness (QED) is 0.0221. The predicted octanol–water partition coefficient (Wildman–Crippen LogP) is -7.30. The molecule has 5 rings (SSSR count). The lowest BCUT2D eigenvalue weighted by molar-refractivity contribution is -0.353.